The van der Waals surface area contributed by atoms with E-state index in [9.17, 15) is 14.4 Å². The standard InChI is InChI=1S/C19H27N3O5/c1-2-26-17(23)11-16(20)21-18(24)15-9-6-10-22(12-15)19(25)27-13-14-7-4-3-5-8-14/h3-5,7-8,15-16H,2,6,9-13,20H2,1H3,(H,21,24)/t15-,16+/m1/s1. The van der Waals surface area contributed by atoms with Gasteiger partial charge in [-0.25, -0.2) is 4.79 Å². The van der Waals surface area contributed by atoms with E-state index in [0.29, 0.717) is 19.4 Å². The van der Waals surface area contributed by atoms with E-state index in [2.05, 4.69) is 5.32 Å². The van der Waals surface area contributed by atoms with Gasteiger partial charge in [0.1, 0.15) is 6.61 Å². The lowest BCUT2D eigenvalue weighted by atomic mass is 9.97. The third-order valence-electron chi connectivity index (χ3n) is 4.28. The predicted octanol–water partition coefficient (Wildman–Crippen LogP) is 1.39. The Balaban J connectivity index is 1.79. The molecule has 8 nitrogen and oxygen atoms in total. The van der Waals surface area contributed by atoms with Crippen molar-refractivity contribution in [3.63, 3.8) is 0 Å². The van der Waals surface area contributed by atoms with Crippen molar-refractivity contribution in [1.29, 1.82) is 0 Å². The molecule has 1 aliphatic rings. The average Bonchev–Trinajstić information content (AvgIpc) is 2.67. The van der Waals surface area contributed by atoms with Crippen LogP contribution in [0.3, 0.4) is 0 Å². The topological polar surface area (TPSA) is 111 Å². The number of hydrogen-bond acceptors (Lipinski definition) is 6. The summed E-state index contributed by atoms with van der Waals surface area (Å²) in [7, 11) is 0. The number of benzene rings is 1. The van der Waals surface area contributed by atoms with Crippen molar-refractivity contribution in [2.45, 2.75) is 39.0 Å². The Hall–Kier alpha value is -2.61. The second-order valence-electron chi connectivity index (χ2n) is 6.45. The van der Waals surface area contributed by atoms with Gasteiger partial charge in [-0.05, 0) is 25.3 Å². The van der Waals surface area contributed by atoms with Gasteiger partial charge in [-0.1, -0.05) is 30.3 Å². The third-order valence-corrected chi connectivity index (χ3v) is 4.28. The molecule has 27 heavy (non-hydrogen) atoms. The zero-order valence-electron chi connectivity index (χ0n) is 15.6. The molecule has 8 heteroatoms. The van der Waals surface area contributed by atoms with Crippen LogP contribution in [-0.4, -0.2) is 48.7 Å². The number of hydrogen-bond donors (Lipinski definition) is 2. The molecule has 0 bridgehead atoms. The van der Waals surface area contributed by atoms with E-state index < -0.39 is 18.2 Å². The number of likely N-dealkylation sites (tertiary alicyclic amines) is 1. The SMILES string of the molecule is CCOC(=O)C[C@@H](N)NC(=O)[C@@H]1CCCN(C(=O)OCc2ccccc2)C1. The molecule has 0 aromatic heterocycles. The fourth-order valence-electron chi connectivity index (χ4n) is 2.92. The molecule has 1 saturated heterocycles. The number of carbonyl (C=O) groups excluding carboxylic acids is 3. The van der Waals surface area contributed by atoms with Gasteiger partial charge < -0.3 is 25.4 Å². The van der Waals surface area contributed by atoms with Crippen molar-refractivity contribution in [2.75, 3.05) is 19.7 Å². The molecule has 2 atom stereocenters. The number of nitrogens with zero attached hydrogens (tertiary/aromatic N) is 1. The van der Waals surface area contributed by atoms with E-state index in [-0.39, 0.29) is 38.0 Å². The van der Waals surface area contributed by atoms with Crippen LogP contribution in [0.15, 0.2) is 30.3 Å². The zero-order chi connectivity index (χ0) is 19.6. The highest BCUT2D eigenvalue weighted by atomic mass is 16.6. The Morgan fingerprint density at radius 2 is 2.00 bits per heavy atom. The van der Waals surface area contributed by atoms with Gasteiger partial charge in [0.05, 0.1) is 25.1 Å². The minimum absolute atomic E-state index is 0.0882. The molecular weight excluding hydrogens is 350 g/mol. The summed E-state index contributed by atoms with van der Waals surface area (Å²) in [5.41, 5.74) is 6.69. The maximum absolute atomic E-state index is 12.4. The summed E-state index contributed by atoms with van der Waals surface area (Å²) in [6.45, 7) is 2.98. The first kappa shape index (κ1) is 20.7. The Morgan fingerprint density at radius 3 is 2.70 bits per heavy atom. The first-order chi connectivity index (χ1) is 13.0. The number of carbonyl (C=O) groups is 3. The van der Waals surface area contributed by atoms with Crippen LogP contribution < -0.4 is 11.1 Å². The van der Waals surface area contributed by atoms with Crippen molar-refractivity contribution < 1.29 is 23.9 Å². The van der Waals surface area contributed by atoms with Crippen LogP contribution in [0, 0.1) is 5.92 Å². The van der Waals surface area contributed by atoms with E-state index in [4.69, 9.17) is 15.2 Å². The molecule has 0 saturated carbocycles. The Bertz CT molecular complexity index is 637. The van der Waals surface area contributed by atoms with Crippen LogP contribution in [0.4, 0.5) is 4.79 Å². The van der Waals surface area contributed by atoms with Gasteiger partial charge in [-0.2, -0.15) is 0 Å². The highest BCUT2D eigenvalue weighted by Gasteiger charge is 2.30. The highest BCUT2D eigenvalue weighted by Crippen LogP contribution is 2.18. The molecule has 1 heterocycles. The predicted molar refractivity (Wildman–Crippen MR) is 98.3 cm³/mol. The summed E-state index contributed by atoms with van der Waals surface area (Å²) in [4.78, 5) is 37.6. The summed E-state index contributed by atoms with van der Waals surface area (Å²) in [6.07, 6.45) is 0.0189. The second-order valence-corrected chi connectivity index (χ2v) is 6.45. The van der Waals surface area contributed by atoms with Gasteiger partial charge in [0, 0.05) is 13.1 Å². The van der Waals surface area contributed by atoms with E-state index in [0.717, 1.165) is 5.56 Å². The molecule has 0 spiro atoms. The molecular formula is C19H27N3O5. The molecule has 0 unspecified atom stereocenters. The second kappa shape index (κ2) is 10.5. The molecule has 1 aliphatic heterocycles. The van der Waals surface area contributed by atoms with Crippen LogP contribution in [-0.2, 0) is 25.7 Å². The molecule has 1 fully saturated rings. The number of rotatable bonds is 7. The largest absolute Gasteiger partial charge is 0.466 e. The van der Waals surface area contributed by atoms with E-state index in [1.807, 2.05) is 30.3 Å². The van der Waals surface area contributed by atoms with Gasteiger partial charge in [0.25, 0.3) is 0 Å². The number of nitrogens with one attached hydrogen (secondary N) is 1. The van der Waals surface area contributed by atoms with Gasteiger partial charge in [-0.3, -0.25) is 9.59 Å². The van der Waals surface area contributed by atoms with Crippen molar-refractivity contribution in [2.24, 2.45) is 11.7 Å². The molecule has 3 N–H and O–H groups in total. The average molecular weight is 377 g/mol. The first-order valence-electron chi connectivity index (χ1n) is 9.16. The maximum Gasteiger partial charge on any atom is 0.410 e. The Labute approximate surface area is 159 Å². The highest BCUT2D eigenvalue weighted by molar-refractivity contribution is 5.81. The number of nitrogens with two attached hydrogens (primary N) is 1. The van der Waals surface area contributed by atoms with Gasteiger partial charge in [-0.15, -0.1) is 0 Å². The molecule has 0 aliphatic carbocycles. The van der Waals surface area contributed by atoms with Crippen LogP contribution in [0.2, 0.25) is 0 Å². The molecule has 1 aromatic rings. The molecule has 2 rings (SSSR count). The van der Waals surface area contributed by atoms with Crippen LogP contribution >= 0.6 is 0 Å². The van der Waals surface area contributed by atoms with Crippen LogP contribution in [0.25, 0.3) is 0 Å². The summed E-state index contributed by atoms with van der Waals surface area (Å²) < 4.78 is 10.1. The van der Waals surface area contributed by atoms with Crippen molar-refractivity contribution in [3.8, 4) is 0 Å². The minimum Gasteiger partial charge on any atom is -0.466 e. The summed E-state index contributed by atoms with van der Waals surface area (Å²) in [6, 6.07) is 9.41. The first-order valence-corrected chi connectivity index (χ1v) is 9.16. The zero-order valence-corrected chi connectivity index (χ0v) is 15.6. The summed E-state index contributed by atoms with van der Waals surface area (Å²) in [5, 5.41) is 2.62. The maximum atomic E-state index is 12.4. The number of amides is 2. The van der Waals surface area contributed by atoms with Crippen molar-refractivity contribution in [3.05, 3.63) is 35.9 Å². The van der Waals surface area contributed by atoms with E-state index in [1.54, 1.807) is 6.92 Å². The summed E-state index contributed by atoms with van der Waals surface area (Å²) >= 11 is 0. The normalized spacial score (nSPS) is 17.7. The van der Waals surface area contributed by atoms with Crippen molar-refractivity contribution in [1.82, 2.24) is 10.2 Å². The molecule has 148 valence electrons. The smallest absolute Gasteiger partial charge is 0.410 e. The Morgan fingerprint density at radius 1 is 1.26 bits per heavy atom. The quantitative estimate of drug-likeness (QED) is 0.549. The lowest BCUT2D eigenvalue weighted by Gasteiger charge is -2.31. The van der Waals surface area contributed by atoms with E-state index >= 15 is 0 Å². The van der Waals surface area contributed by atoms with Crippen LogP contribution in [0.1, 0.15) is 31.7 Å². The fourth-order valence-corrected chi connectivity index (χ4v) is 2.92. The molecule has 2 amide bonds. The lowest BCUT2D eigenvalue weighted by molar-refractivity contribution is -0.143. The fraction of sp³-hybridized carbons (Fsp3) is 0.526. The van der Waals surface area contributed by atoms with Crippen molar-refractivity contribution >= 4 is 18.0 Å². The Kier molecular flexibility index (Phi) is 8.06. The van der Waals surface area contributed by atoms with Crippen LogP contribution in [0.5, 0.6) is 0 Å². The molecule has 0 radical (unpaired) electrons. The van der Waals surface area contributed by atoms with Gasteiger partial charge >= 0.3 is 12.1 Å². The van der Waals surface area contributed by atoms with Gasteiger partial charge in [0.2, 0.25) is 5.91 Å². The lowest BCUT2D eigenvalue weighted by Crippen LogP contribution is -2.50. The number of piperidine rings is 1. The molecule has 1 aromatic carbocycles. The van der Waals surface area contributed by atoms with E-state index in [1.165, 1.54) is 4.90 Å². The minimum atomic E-state index is -0.808. The monoisotopic (exact) mass is 377 g/mol. The number of esters is 1. The van der Waals surface area contributed by atoms with Gasteiger partial charge in [0.15, 0.2) is 0 Å². The summed E-state index contributed by atoms with van der Waals surface area (Å²) in [5.74, 6) is -1.11. The third kappa shape index (κ3) is 6.90. The number of ether oxygens (including phenoxy) is 2.